The standard InChI is InChI=1S/C22H32FN3O2/c23-19-7-4-6-18(14-19)15-20(27)25-10-5-11-26(13-12-25)21(28)16-22(17-24)8-2-1-3-9-22/h4,6-7,14H,1-3,5,8-13,15-17,24H2. The molecule has 6 heteroatoms. The molecule has 2 N–H and O–H groups in total. The van der Waals surface area contributed by atoms with Crippen LogP contribution >= 0.6 is 0 Å². The Morgan fingerprint density at radius 3 is 2.29 bits per heavy atom. The van der Waals surface area contributed by atoms with Crippen LogP contribution in [0, 0.1) is 11.2 Å². The Morgan fingerprint density at radius 1 is 0.964 bits per heavy atom. The van der Waals surface area contributed by atoms with Crippen molar-refractivity contribution in [3.8, 4) is 0 Å². The molecule has 5 nitrogen and oxygen atoms in total. The minimum Gasteiger partial charge on any atom is -0.341 e. The van der Waals surface area contributed by atoms with Crippen molar-refractivity contribution < 1.29 is 14.0 Å². The molecule has 1 heterocycles. The van der Waals surface area contributed by atoms with E-state index in [1.165, 1.54) is 18.6 Å². The molecule has 1 aliphatic heterocycles. The van der Waals surface area contributed by atoms with Crippen molar-refractivity contribution in [1.82, 2.24) is 9.80 Å². The van der Waals surface area contributed by atoms with E-state index in [4.69, 9.17) is 5.73 Å². The first-order valence-corrected chi connectivity index (χ1v) is 10.5. The van der Waals surface area contributed by atoms with Crippen LogP contribution in [-0.4, -0.2) is 54.3 Å². The molecule has 0 unspecified atom stereocenters. The first-order chi connectivity index (χ1) is 13.5. The second-order valence-electron chi connectivity index (χ2n) is 8.36. The summed E-state index contributed by atoms with van der Waals surface area (Å²) in [6.07, 6.45) is 7.14. The van der Waals surface area contributed by atoms with Gasteiger partial charge in [0, 0.05) is 32.6 Å². The van der Waals surface area contributed by atoms with Gasteiger partial charge in [0.2, 0.25) is 11.8 Å². The molecule has 2 aliphatic rings. The number of nitrogens with zero attached hydrogens (tertiary/aromatic N) is 2. The highest BCUT2D eigenvalue weighted by atomic mass is 19.1. The van der Waals surface area contributed by atoms with Crippen molar-refractivity contribution in [2.45, 2.75) is 51.4 Å². The number of hydrogen-bond donors (Lipinski definition) is 1. The summed E-state index contributed by atoms with van der Waals surface area (Å²) in [4.78, 5) is 29.2. The van der Waals surface area contributed by atoms with Crippen LogP contribution in [0.1, 0.15) is 50.5 Å². The van der Waals surface area contributed by atoms with Gasteiger partial charge in [-0.25, -0.2) is 4.39 Å². The van der Waals surface area contributed by atoms with Crippen LogP contribution in [0.25, 0.3) is 0 Å². The zero-order valence-corrected chi connectivity index (χ0v) is 16.7. The van der Waals surface area contributed by atoms with E-state index in [9.17, 15) is 14.0 Å². The molecule has 3 rings (SSSR count). The van der Waals surface area contributed by atoms with Gasteiger partial charge >= 0.3 is 0 Å². The molecule has 0 atom stereocenters. The van der Waals surface area contributed by atoms with Gasteiger partial charge in [-0.15, -0.1) is 0 Å². The molecular weight excluding hydrogens is 357 g/mol. The fourth-order valence-electron chi connectivity index (χ4n) is 4.54. The van der Waals surface area contributed by atoms with E-state index < -0.39 is 0 Å². The van der Waals surface area contributed by atoms with Gasteiger partial charge < -0.3 is 15.5 Å². The van der Waals surface area contributed by atoms with Gasteiger partial charge in [-0.1, -0.05) is 31.4 Å². The Labute approximate surface area is 167 Å². The molecule has 1 aliphatic carbocycles. The molecule has 1 aromatic rings. The van der Waals surface area contributed by atoms with Crippen molar-refractivity contribution in [2.24, 2.45) is 11.1 Å². The van der Waals surface area contributed by atoms with Crippen LogP contribution < -0.4 is 5.73 Å². The van der Waals surface area contributed by atoms with E-state index in [-0.39, 0.29) is 29.5 Å². The van der Waals surface area contributed by atoms with Gasteiger partial charge in [0.05, 0.1) is 6.42 Å². The maximum Gasteiger partial charge on any atom is 0.227 e. The van der Waals surface area contributed by atoms with Crippen LogP contribution in [0.15, 0.2) is 24.3 Å². The van der Waals surface area contributed by atoms with Gasteiger partial charge in [-0.2, -0.15) is 0 Å². The van der Waals surface area contributed by atoms with Gasteiger partial charge in [0.15, 0.2) is 0 Å². The first-order valence-electron chi connectivity index (χ1n) is 10.5. The Bertz CT molecular complexity index is 688. The van der Waals surface area contributed by atoms with Crippen LogP contribution in [-0.2, 0) is 16.0 Å². The number of carbonyl (C=O) groups excluding carboxylic acids is 2. The topological polar surface area (TPSA) is 66.6 Å². The summed E-state index contributed by atoms with van der Waals surface area (Å²) in [6.45, 7) is 3.00. The van der Waals surface area contributed by atoms with Crippen molar-refractivity contribution >= 4 is 11.8 Å². The summed E-state index contributed by atoms with van der Waals surface area (Å²) in [7, 11) is 0. The van der Waals surface area contributed by atoms with Crippen molar-refractivity contribution in [3.63, 3.8) is 0 Å². The van der Waals surface area contributed by atoms with E-state index in [2.05, 4.69) is 0 Å². The molecule has 0 spiro atoms. The number of hydrogen-bond acceptors (Lipinski definition) is 3. The third-order valence-corrected chi connectivity index (χ3v) is 6.32. The average Bonchev–Trinajstić information content (AvgIpc) is 2.95. The predicted octanol–water partition coefficient (Wildman–Crippen LogP) is 2.73. The Morgan fingerprint density at radius 2 is 1.64 bits per heavy atom. The molecular formula is C22H32FN3O2. The number of benzene rings is 1. The zero-order valence-electron chi connectivity index (χ0n) is 16.7. The van der Waals surface area contributed by atoms with Crippen LogP contribution in [0.4, 0.5) is 4.39 Å². The van der Waals surface area contributed by atoms with Crippen molar-refractivity contribution in [2.75, 3.05) is 32.7 Å². The van der Waals surface area contributed by atoms with E-state index in [0.717, 1.165) is 32.1 Å². The highest BCUT2D eigenvalue weighted by molar-refractivity contribution is 5.79. The lowest BCUT2D eigenvalue weighted by Crippen LogP contribution is -2.42. The van der Waals surface area contributed by atoms with E-state index in [1.54, 1.807) is 17.0 Å². The molecule has 154 valence electrons. The monoisotopic (exact) mass is 389 g/mol. The molecule has 28 heavy (non-hydrogen) atoms. The Balaban J connectivity index is 1.53. The third kappa shape index (κ3) is 5.31. The normalized spacial score (nSPS) is 19.9. The molecule has 1 saturated carbocycles. The van der Waals surface area contributed by atoms with Crippen molar-refractivity contribution in [3.05, 3.63) is 35.6 Å². The van der Waals surface area contributed by atoms with Crippen molar-refractivity contribution in [1.29, 1.82) is 0 Å². The van der Waals surface area contributed by atoms with Crippen LogP contribution in [0.5, 0.6) is 0 Å². The summed E-state index contributed by atoms with van der Waals surface area (Å²) in [5.41, 5.74) is 6.69. The molecule has 1 saturated heterocycles. The van der Waals surface area contributed by atoms with Gasteiger partial charge in [0.25, 0.3) is 0 Å². The average molecular weight is 390 g/mol. The molecule has 0 aromatic heterocycles. The summed E-state index contributed by atoms with van der Waals surface area (Å²) >= 11 is 0. The first kappa shape index (κ1) is 20.8. The molecule has 0 bridgehead atoms. The maximum absolute atomic E-state index is 13.3. The van der Waals surface area contributed by atoms with Gasteiger partial charge in [0.1, 0.15) is 5.82 Å². The fourth-order valence-corrected chi connectivity index (χ4v) is 4.54. The van der Waals surface area contributed by atoms with E-state index in [1.807, 2.05) is 4.90 Å². The fraction of sp³-hybridized carbons (Fsp3) is 0.636. The number of amides is 2. The lowest BCUT2D eigenvalue weighted by atomic mass is 9.71. The number of nitrogens with two attached hydrogens (primary N) is 1. The maximum atomic E-state index is 13.3. The zero-order chi connectivity index (χ0) is 20.0. The largest absolute Gasteiger partial charge is 0.341 e. The number of rotatable bonds is 5. The van der Waals surface area contributed by atoms with E-state index >= 15 is 0 Å². The molecule has 0 radical (unpaired) electrons. The lowest BCUT2D eigenvalue weighted by Gasteiger charge is -2.37. The second-order valence-corrected chi connectivity index (χ2v) is 8.36. The van der Waals surface area contributed by atoms with Crippen LogP contribution in [0.2, 0.25) is 0 Å². The SMILES string of the molecule is NCC1(CC(=O)N2CCCN(C(=O)Cc3cccc(F)c3)CC2)CCCCC1. The second kappa shape index (κ2) is 9.50. The van der Waals surface area contributed by atoms with Gasteiger partial charge in [-0.05, 0) is 48.9 Å². The molecule has 1 aromatic carbocycles. The highest BCUT2D eigenvalue weighted by Crippen LogP contribution is 2.38. The van der Waals surface area contributed by atoms with Gasteiger partial charge in [-0.3, -0.25) is 9.59 Å². The highest BCUT2D eigenvalue weighted by Gasteiger charge is 2.35. The summed E-state index contributed by atoms with van der Waals surface area (Å²) in [5, 5.41) is 0. The summed E-state index contributed by atoms with van der Waals surface area (Å²) in [5.74, 6) is -0.160. The van der Waals surface area contributed by atoms with Crippen LogP contribution in [0.3, 0.4) is 0 Å². The Hall–Kier alpha value is -1.95. The Kier molecular flexibility index (Phi) is 7.05. The lowest BCUT2D eigenvalue weighted by molar-refractivity contribution is -0.135. The summed E-state index contributed by atoms with van der Waals surface area (Å²) in [6, 6.07) is 6.18. The number of carbonyl (C=O) groups is 2. The minimum atomic E-state index is -0.325. The minimum absolute atomic E-state index is 0.00870. The smallest absolute Gasteiger partial charge is 0.227 e. The summed E-state index contributed by atoms with van der Waals surface area (Å²) < 4.78 is 13.3. The van der Waals surface area contributed by atoms with E-state index in [0.29, 0.717) is 44.7 Å². The molecule has 2 fully saturated rings. The predicted molar refractivity (Wildman–Crippen MR) is 107 cm³/mol. The quantitative estimate of drug-likeness (QED) is 0.842. The molecule has 2 amide bonds. The number of halogens is 1. The third-order valence-electron chi connectivity index (χ3n) is 6.32.